The van der Waals surface area contributed by atoms with E-state index in [9.17, 15) is 14.4 Å². The van der Waals surface area contributed by atoms with Gasteiger partial charge < -0.3 is 15.0 Å². The normalized spacial score (nSPS) is 18.0. The van der Waals surface area contributed by atoms with Gasteiger partial charge in [0.15, 0.2) is 0 Å². The quantitative estimate of drug-likeness (QED) is 0.819. The van der Waals surface area contributed by atoms with Crippen molar-refractivity contribution in [2.75, 3.05) is 25.6 Å². The van der Waals surface area contributed by atoms with Gasteiger partial charge in [0.25, 0.3) is 5.91 Å². The Bertz CT molecular complexity index is 556. The molecule has 20 heavy (non-hydrogen) atoms. The molecule has 0 saturated carbocycles. The molecule has 1 atom stereocenters. The second kappa shape index (κ2) is 5.73. The molecule has 0 spiro atoms. The number of nitrogens with one attached hydrogen (secondary N) is 1. The lowest BCUT2D eigenvalue weighted by Gasteiger charge is -2.17. The van der Waals surface area contributed by atoms with Gasteiger partial charge in [-0.15, -0.1) is 0 Å². The highest BCUT2D eigenvalue weighted by atomic mass is 16.5. The minimum Gasteiger partial charge on any atom is -0.469 e. The van der Waals surface area contributed by atoms with Gasteiger partial charge in [-0.1, -0.05) is 6.07 Å². The van der Waals surface area contributed by atoms with E-state index in [-0.39, 0.29) is 30.7 Å². The van der Waals surface area contributed by atoms with Crippen LogP contribution in [0.3, 0.4) is 0 Å². The molecule has 1 saturated heterocycles. The maximum atomic E-state index is 12.0. The third-order valence-corrected chi connectivity index (χ3v) is 3.31. The van der Waals surface area contributed by atoms with Crippen LogP contribution in [-0.4, -0.2) is 38.5 Å². The van der Waals surface area contributed by atoms with Crippen LogP contribution in [0.15, 0.2) is 24.3 Å². The molecule has 1 aliphatic heterocycles. The van der Waals surface area contributed by atoms with Crippen LogP contribution in [0.4, 0.5) is 5.69 Å². The Morgan fingerprint density at radius 3 is 2.80 bits per heavy atom. The monoisotopic (exact) mass is 276 g/mol. The Hall–Kier alpha value is -2.37. The Balaban J connectivity index is 2.22. The van der Waals surface area contributed by atoms with Gasteiger partial charge in [-0.25, -0.2) is 0 Å². The first-order chi connectivity index (χ1) is 9.56. The topological polar surface area (TPSA) is 75.7 Å². The van der Waals surface area contributed by atoms with Crippen LogP contribution in [0.1, 0.15) is 16.8 Å². The lowest BCUT2D eigenvalue weighted by molar-refractivity contribution is -0.145. The third kappa shape index (κ3) is 2.64. The molecule has 1 aromatic rings. The van der Waals surface area contributed by atoms with Gasteiger partial charge >= 0.3 is 5.97 Å². The molecule has 0 radical (unpaired) electrons. The molecule has 1 unspecified atom stereocenters. The molecule has 2 rings (SSSR count). The zero-order valence-electron chi connectivity index (χ0n) is 11.4. The average molecular weight is 276 g/mol. The Labute approximate surface area is 116 Å². The molecular formula is C14H16N2O4. The summed E-state index contributed by atoms with van der Waals surface area (Å²) in [5.74, 6) is -1.20. The Morgan fingerprint density at radius 1 is 1.40 bits per heavy atom. The van der Waals surface area contributed by atoms with Gasteiger partial charge in [0.1, 0.15) is 0 Å². The van der Waals surface area contributed by atoms with Crippen molar-refractivity contribution in [1.29, 1.82) is 0 Å². The summed E-state index contributed by atoms with van der Waals surface area (Å²) in [4.78, 5) is 36.6. The number of amides is 2. The van der Waals surface area contributed by atoms with Crippen molar-refractivity contribution in [3.8, 4) is 0 Å². The minimum atomic E-state index is -0.448. The van der Waals surface area contributed by atoms with E-state index in [0.29, 0.717) is 11.3 Å². The fraction of sp³-hybridized carbons (Fsp3) is 0.357. The largest absolute Gasteiger partial charge is 0.469 e. The van der Waals surface area contributed by atoms with Gasteiger partial charge in [-0.2, -0.15) is 0 Å². The number of rotatable bonds is 3. The number of carbonyl (C=O) groups excluding carboxylic acids is 3. The van der Waals surface area contributed by atoms with E-state index in [0.717, 1.165) is 0 Å². The number of methoxy groups -OCH3 is 1. The smallest absolute Gasteiger partial charge is 0.311 e. The molecule has 1 aliphatic rings. The summed E-state index contributed by atoms with van der Waals surface area (Å²) in [6.07, 6.45) is 0.136. The molecule has 0 bridgehead atoms. The maximum Gasteiger partial charge on any atom is 0.311 e. The average Bonchev–Trinajstić information content (AvgIpc) is 2.87. The molecular weight excluding hydrogens is 260 g/mol. The number of ether oxygens (including phenoxy) is 1. The van der Waals surface area contributed by atoms with Gasteiger partial charge in [0.2, 0.25) is 5.91 Å². The summed E-state index contributed by atoms with van der Waals surface area (Å²) in [5, 5.41) is 2.53. The van der Waals surface area contributed by atoms with Crippen molar-refractivity contribution < 1.29 is 19.1 Å². The van der Waals surface area contributed by atoms with E-state index in [1.54, 1.807) is 31.3 Å². The first kappa shape index (κ1) is 14.0. The van der Waals surface area contributed by atoms with E-state index >= 15 is 0 Å². The predicted octanol–water partition coefficient (Wildman–Crippen LogP) is 0.572. The van der Waals surface area contributed by atoms with E-state index in [4.69, 9.17) is 0 Å². The summed E-state index contributed by atoms with van der Waals surface area (Å²) in [5.41, 5.74) is 1.09. The fourth-order valence-corrected chi connectivity index (χ4v) is 2.24. The molecule has 0 aliphatic carbocycles. The number of hydrogen-bond donors (Lipinski definition) is 1. The first-order valence-electron chi connectivity index (χ1n) is 6.27. The number of benzene rings is 1. The maximum absolute atomic E-state index is 12.0. The summed E-state index contributed by atoms with van der Waals surface area (Å²) >= 11 is 0. The second-order valence-corrected chi connectivity index (χ2v) is 4.56. The van der Waals surface area contributed by atoms with Crippen LogP contribution in [0, 0.1) is 5.92 Å². The van der Waals surface area contributed by atoms with E-state index < -0.39 is 5.92 Å². The number of esters is 1. The molecule has 106 valence electrons. The SMILES string of the molecule is CNC(=O)c1cccc(N2CC(C(=O)OC)CC2=O)c1. The highest BCUT2D eigenvalue weighted by molar-refractivity contribution is 6.01. The molecule has 6 heteroatoms. The van der Waals surface area contributed by atoms with Crippen LogP contribution < -0.4 is 10.2 Å². The zero-order valence-corrected chi connectivity index (χ0v) is 11.4. The van der Waals surface area contributed by atoms with Gasteiger partial charge in [0.05, 0.1) is 13.0 Å². The second-order valence-electron chi connectivity index (χ2n) is 4.56. The van der Waals surface area contributed by atoms with Crippen molar-refractivity contribution in [3.05, 3.63) is 29.8 Å². The zero-order chi connectivity index (χ0) is 14.7. The van der Waals surface area contributed by atoms with Crippen LogP contribution in [0.2, 0.25) is 0 Å². The van der Waals surface area contributed by atoms with Gasteiger partial charge in [0, 0.05) is 31.3 Å². The molecule has 2 amide bonds. The first-order valence-corrected chi connectivity index (χ1v) is 6.27. The van der Waals surface area contributed by atoms with Crippen molar-refractivity contribution in [2.24, 2.45) is 5.92 Å². The van der Waals surface area contributed by atoms with Crippen molar-refractivity contribution in [3.63, 3.8) is 0 Å². The Morgan fingerprint density at radius 2 is 2.15 bits per heavy atom. The molecule has 1 heterocycles. The summed E-state index contributed by atoms with van der Waals surface area (Å²) < 4.78 is 4.66. The Kier molecular flexibility index (Phi) is 4.02. The summed E-state index contributed by atoms with van der Waals surface area (Å²) in [6, 6.07) is 6.75. The van der Waals surface area contributed by atoms with E-state index in [2.05, 4.69) is 10.1 Å². The summed E-state index contributed by atoms with van der Waals surface area (Å²) in [7, 11) is 2.85. The summed E-state index contributed by atoms with van der Waals surface area (Å²) in [6.45, 7) is 0.280. The third-order valence-electron chi connectivity index (χ3n) is 3.31. The fourth-order valence-electron chi connectivity index (χ4n) is 2.24. The standard InChI is InChI=1S/C14H16N2O4/c1-15-13(18)9-4-3-5-11(6-9)16-8-10(7-12(16)17)14(19)20-2/h3-6,10H,7-8H2,1-2H3,(H,15,18). The van der Waals surface area contributed by atoms with Crippen LogP contribution in [0.25, 0.3) is 0 Å². The highest BCUT2D eigenvalue weighted by Crippen LogP contribution is 2.26. The van der Waals surface area contributed by atoms with Crippen molar-refractivity contribution in [2.45, 2.75) is 6.42 Å². The molecule has 0 aromatic heterocycles. The molecule has 1 fully saturated rings. The van der Waals surface area contributed by atoms with Crippen LogP contribution in [0.5, 0.6) is 0 Å². The number of carbonyl (C=O) groups is 3. The number of anilines is 1. The number of hydrogen-bond acceptors (Lipinski definition) is 4. The molecule has 6 nitrogen and oxygen atoms in total. The lowest BCUT2D eigenvalue weighted by atomic mass is 10.1. The number of nitrogens with zero attached hydrogens (tertiary/aromatic N) is 1. The van der Waals surface area contributed by atoms with Crippen LogP contribution in [-0.2, 0) is 14.3 Å². The molecule has 1 aromatic carbocycles. The van der Waals surface area contributed by atoms with Crippen LogP contribution >= 0.6 is 0 Å². The van der Waals surface area contributed by atoms with Crippen molar-refractivity contribution in [1.82, 2.24) is 5.32 Å². The lowest BCUT2D eigenvalue weighted by Crippen LogP contribution is -2.26. The van der Waals surface area contributed by atoms with Gasteiger partial charge in [-0.05, 0) is 18.2 Å². The predicted molar refractivity (Wildman–Crippen MR) is 72.3 cm³/mol. The van der Waals surface area contributed by atoms with Gasteiger partial charge in [-0.3, -0.25) is 14.4 Å². The molecule has 1 N–H and O–H groups in total. The van der Waals surface area contributed by atoms with E-state index in [1.165, 1.54) is 12.0 Å². The van der Waals surface area contributed by atoms with E-state index in [1.807, 2.05) is 0 Å². The van der Waals surface area contributed by atoms with Crippen molar-refractivity contribution >= 4 is 23.5 Å². The minimum absolute atomic E-state index is 0.136. The highest BCUT2D eigenvalue weighted by Gasteiger charge is 2.35.